The number of nitriles is 2. The van der Waals surface area contributed by atoms with E-state index in [1.54, 1.807) is 22.0 Å². The second-order valence-corrected chi connectivity index (χ2v) is 5.83. The highest BCUT2D eigenvalue weighted by atomic mass is 15.1. The van der Waals surface area contributed by atoms with Crippen LogP contribution in [0.1, 0.15) is 11.1 Å². The molecule has 0 unspecified atom stereocenters. The lowest BCUT2D eigenvalue weighted by atomic mass is 10.0. The first kappa shape index (κ1) is 18.8. The van der Waals surface area contributed by atoms with Gasteiger partial charge in [-0.05, 0) is 48.2 Å². The fourth-order valence-corrected chi connectivity index (χ4v) is 2.64. The van der Waals surface area contributed by atoms with Crippen LogP contribution >= 0.6 is 0 Å². The van der Waals surface area contributed by atoms with Crippen molar-refractivity contribution < 1.29 is 0 Å². The number of anilines is 2. The maximum atomic E-state index is 9.14. The van der Waals surface area contributed by atoms with Crippen molar-refractivity contribution >= 4 is 11.4 Å². The minimum absolute atomic E-state index is 0.508. The summed E-state index contributed by atoms with van der Waals surface area (Å²) in [6.45, 7) is 8.35. The van der Waals surface area contributed by atoms with Crippen molar-refractivity contribution in [2.24, 2.45) is 0 Å². The van der Waals surface area contributed by atoms with E-state index >= 15 is 0 Å². The zero-order valence-corrected chi connectivity index (χ0v) is 14.8. The summed E-state index contributed by atoms with van der Waals surface area (Å²) < 4.78 is 0. The van der Waals surface area contributed by atoms with Crippen molar-refractivity contribution in [3.05, 3.63) is 85.0 Å². The molecule has 4 nitrogen and oxygen atoms in total. The highest BCUT2D eigenvalue weighted by molar-refractivity contribution is 5.53. The molecule has 0 heterocycles. The van der Waals surface area contributed by atoms with Crippen LogP contribution in [-0.4, -0.2) is 13.1 Å². The van der Waals surface area contributed by atoms with Crippen molar-refractivity contribution in [2.45, 2.75) is 12.8 Å². The van der Waals surface area contributed by atoms with E-state index in [2.05, 4.69) is 49.8 Å². The van der Waals surface area contributed by atoms with Gasteiger partial charge in [-0.2, -0.15) is 10.5 Å². The van der Waals surface area contributed by atoms with Gasteiger partial charge in [0.1, 0.15) is 0 Å². The molecule has 0 bridgehead atoms. The molecular formula is C22H22N4. The minimum atomic E-state index is 0.508. The number of benzene rings is 2. The summed E-state index contributed by atoms with van der Waals surface area (Å²) in [6, 6.07) is 16.1. The number of nitrogens with zero attached hydrogens (tertiary/aromatic N) is 4. The minimum Gasteiger partial charge on any atom is -0.276 e. The zero-order chi connectivity index (χ0) is 18.8. The van der Waals surface area contributed by atoms with Gasteiger partial charge in [-0.25, -0.2) is 0 Å². The summed E-state index contributed by atoms with van der Waals surface area (Å²) in [6.07, 6.45) is 9.57. The Morgan fingerprint density at radius 1 is 0.692 bits per heavy atom. The molecule has 26 heavy (non-hydrogen) atoms. The largest absolute Gasteiger partial charge is 0.276 e. The predicted molar refractivity (Wildman–Crippen MR) is 107 cm³/mol. The lowest BCUT2D eigenvalue weighted by molar-refractivity contribution is 0.957. The Morgan fingerprint density at radius 2 is 1.04 bits per heavy atom. The second-order valence-electron chi connectivity index (χ2n) is 5.83. The van der Waals surface area contributed by atoms with Gasteiger partial charge in [0.05, 0.1) is 24.5 Å². The Morgan fingerprint density at radius 3 is 1.31 bits per heavy atom. The van der Waals surface area contributed by atoms with Gasteiger partial charge < -0.3 is 0 Å². The van der Waals surface area contributed by atoms with E-state index in [-0.39, 0.29) is 0 Å². The molecule has 0 N–H and O–H groups in total. The molecule has 0 fully saturated rings. The second kappa shape index (κ2) is 9.71. The van der Waals surface area contributed by atoms with E-state index in [0.29, 0.717) is 13.1 Å². The molecule has 2 aromatic carbocycles. The van der Waals surface area contributed by atoms with E-state index in [9.17, 15) is 0 Å². The molecule has 0 aromatic heterocycles. The summed E-state index contributed by atoms with van der Waals surface area (Å²) in [5.74, 6) is 0. The van der Waals surface area contributed by atoms with Gasteiger partial charge in [0, 0.05) is 0 Å². The highest BCUT2D eigenvalue weighted by Crippen LogP contribution is 2.18. The smallest absolute Gasteiger partial charge is 0.184 e. The third-order valence-electron chi connectivity index (χ3n) is 4.06. The molecule has 0 amide bonds. The van der Waals surface area contributed by atoms with Crippen LogP contribution in [0.5, 0.6) is 0 Å². The average molecular weight is 342 g/mol. The summed E-state index contributed by atoms with van der Waals surface area (Å²) >= 11 is 0. The SMILES string of the molecule is C=CCN(C#N)c1ccc(CCc2ccc(N(C#N)CC=C)cc2)cc1. The van der Waals surface area contributed by atoms with E-state index < -0.39 is 0 Å². The van der Waals surface area contributed by atoms with Gasteiger partial charge in [-0.3, -0.25) is 9.80 Å². The quantitative estimate of drug-likeness (QED) is 0.384. The first-order valence-electron chi connectivity index (χ1n) is 8.46. The van der Waals surface area contributed by atoms with E-state index in [0.717, 1.165) is 24.2 Å². The van der Waals surface area contributed by atoms with E-state index in [1.165, 1.54) is 11.1 Å². The Kier molecular flexibility index (Phi) is 7.04. The molecule has 0 saturated heterocycles. The van der Waals surface area contributed by atoms with E-state index in [1.807, 2.05) is 24.3 Å². The van der Waals surface area contributed by atoms with Gasteiger partial charge >= 0.3 is 0 Å². The summed E-state index contributed by atoms with van der Waals surface area (Å²) in [7, 11) is 0. The normalized spacial score (nSPS) is 9.62. The average Bonchev–Trinajstić information content (AvgIpc) is 2.69. The van der Waals surface area contributed by atoms with Crippen LogP contribution < -0.4 is 9.80 Å². The summed E-state index contributed by atoms with van der Waals surface area (Å²) in [5, 5.41) is 18.3. The topological polar surface area (TPSA) is 54.1 Å². The van der Waals surface area contributed by atoms with Crippen LogP contribution in [-0.2, 0) is 12.8 Å². The molecule has 0 aliphatic rings. The van der Waals surface area contributed by atoms with Gasteiger partial charge in [0.15, 0.2) is 12.4 Å². The van der Waals surface area contributed by atoms with Crippen molar-refractivity contribution in [1.82, 2.24) is 0 Å². The highest BCUT2D eigenvalue weighted by Gasteiger charge is 2.05. The molecule has 0 aliphatic carbocycles. The summed E-state index contributed by atoms with van der Waals surface area (Å²) in [4.78, 5) is 3.19. The first-order chi connectivity index (χ1) is 12.7. The monoisotopic (exact) mass is 342 g/mol. The lowest BCUT2D eigenvalue weighted by Gasteiger charge is -2.14. The standard InChI is InChI=1S/C22H22N4/c1-3-15-25(17-23)21-11-7-19(8-12-21)5-6-20-9-13-22(14-10-20)26(18-24)16-4-2/h3-4,7-14H,1-2,5-6,15-16H2. The maximum absolute atomic E-state index is 9.14. The fourth-order valence-electron chi connectivity index (χ4n) is 2.64. The molecule has 0 radical (unpaired) electrons. The fraction of sp³-hybridized carbons (Fsp3) is 0.182. The molecule has 0 saturated carbocycles. The van der Waals surface area contributed by atoms with Crippen LogP contribution in [0.3, 0.4) is 0 Å². The number of hydrogen-bond acceptors (Lipinski definition) is 4. The summed E-state index contributed by atoms with van der Waals surface area (Å²) in [5.41, 5.74) is 4.19. The van der Waals surface area contributed by atoms with Crippen LogP contribution in [0.4, 0.5) is 11.4 Å². The lowest BCUT2D eigenvalue weighted by Crippen LogP contribution is -2.15. The van der Waals surface area contributed by atoms with Crippen LogP contribution in [0, 0.1) is 22.9 Å². The molecule has 2 rings (SSSR count). The molecular weight excluding hydrogens is 320 g/mol. The van der Waals surface area contributed by atoms with E-state index in [4.69, 9.17) is 10.5 Å². The molecule has 4 heteroatoms. The maximum Gasteiger partial charge on any atom is 0.184 e. The third kappa shape index (κ3) is 5.00. The molecule has 0 spiro atoms. The van der Waals surface area contributed by atoms with Crippen molar-refractivity contribution in [3.63, 3.8) is 0 Å². The Bertz CT molecular complexity index is 736. The van der Waals surface area contributed by atoms with Crippen LogP contribution in [0.2, 0.25) is 0 Å². The molecule has 0 atom stereocenters. The number of aryl methyl sites for hydroxylation is 2. The number of rotatable bonds is 9. The van der Waals surface area contributed by atoms with Crippen molar-refractivity contribution in [3.8, 4) is 12.4 Å². The Hall–Kier alpha value is -3.50. The molecule has 130 valence electrons. The van der Waals surface area contributed by atoms with Gasteiger partial charge in [0.25, 0.3) is 0 Å². The van der Waals surface area contributed by atoms with Gasteiger partial charge in [-0.1, -0.05) is 36.4 Å². The zero-order valence-electron chi connectivity index (χ0n) is 14.8. The van der Waals surface area contributed by atoms with Crippen molar-refractivity contribution in [2.75, 3.05) is 22.9 Å². The molecule has 2 aromatic rings. The Labute approximate surface area is 155 Å². The van der Waals surface area contributed by atoms with Gasteiger partial charge in [-0.15, -0.1) is 13.2 Å². The van der Waals surface area contributed by atoms with Crippen LogP contribution in [0.15, 0.2) is 73.8 Å². The Balaban J connectivity index is 1.96. The first-order valence-corrected chi connectivity index (χ1v) is 8.46. The van der Waals surface area contributed by atoms with Crippen LogP contribution in [0.25, 0.3) is 0 Å². The van der Waals surface area contributed by atoms with Gasteiger partial charge in [0.2, 0.25) is 0 Å². The predicted octanol–water partition coefficient (Wildman–Crippen LogP) is 4.42. The number of hydrogen-bond donors (Lipinski definition) is 0. The molecule has 0 aliphatic heterocycles. The third-order valence-corrected chi connectivity index (χ3v) is 4.06. The van der Waals surface area contributed by atoms with Crippen molar-refractivity contribution in [1.29, 1.82) is 10.5 Å².